The maximum atomic E-state index is 13.0. The molecule has 2 aromatic heterocycles. The van der Waals surface area contributed by atoms with E-state index in [9.17, 15) is 29.4 Å². The van der Waals surface area contributed by atoms with E-state index in [-0.39, 0.29) is 41.9 Å². The molecular weight excluding hydrogens is 1190 g/mol. The maximum absolute atomic E-state index is 13.0. The zero-order valence-corrected chi connectivity index (χ0v) is 60.1. The van der Waals surface area contributed by atoms with Gasteiger partial charge in [-0.3, -0.25) is 39.3 Å². The number of aliphatic hydroxyl groups is 1. The van der Waals surface area contributed by atoms with Gasteiger partial charge in [0, 0.05) is 78.1 Å². The number of imide groups is 1. The third-order valence-electron chi connectivity index (χ3n) is 19.7. The molecule has 3 N–H and O–H groups in total. The van der Waals surface area contributed by atoms with Crippen molar-refractivity contribution in [2.75, 3.05) is 43.2 Å². The highest BCUT2D eigenvalue weighted by Gasteiger charge is 2.41. The van der Waals surface area contributed by atoms with Crippen molar-refractivity contribution in [2.45, 2.75) is 254 Å². The first kappa shape index (κ1) is 75.6. The van der Waals surface area contributed by atoms with E-state index in [1.807, 2.05) is 56.9 Å². The number of phenolic OH excluding ortho intramolecular Hbond substituents is 1. The number of β-amino-alcohol motifs (C(OH)–C–C–N with tert-alkyl or cyclic N) is 1. The number of nitrogens with one attached hydrogen (secondary N) is 1. The number of aromatic nitrogens is 3. The number of fused-ring (bicyclic) bond motifs is 3. The first-order valence-corrected chi connectivity index (χ1v) is 36.1. The molecule has 17 heteroatoms. The number of carbonyl (C=O) groups excluding carboxylic acids is 4. The van der Waals surface area contributed by atoms with Gasteiger partial charge in [-0.15, -0.1) is 9.24 Å². The molecule has 92 heavy (non-hydrogen) atoms. The lowest BCUT2D eigenvalue weighted by atomic mass is 9.58. The van der Waals surface area contributed by atoms with Gasteiger partial charge in [-0.25, -0.2) is 0 Å². The van der Waals surface area contributed by atoms with Crippen LogP contribution < -0.4 is 25.2 Å². The van der Waals surface area contributed by atoms with Crippen LogP contribution in [0, 0.1) is 30.1 Å². The second-order valence-electron chi connectivity index (χ2n) is 26.9. The molecule has 1 aliphatic carbocycles. The SMILES string of the molecule is CC.CC(=O)OCC1CCC2CCCN21.CCCC(=O)N(c1ccc(C(CCC)CCC(C)CC)cc1C)C1CCC(=O)NC1=O.CCCC1(CCC(C)CC)CC(C)C1.COc1nc(N2CCCC(O)C2)c2cnc(-c3cc(O)cc4cccc(Cl)c34)c(P)c2n1. The topological polar surface area (TPSA) is 188 Å². The van der Waals surface area contributed by atoms with Crippen LogP contribution in [0.3, 0.4) is 0 Å². The number of hydrogen-bond acceptors (Lipinski definition) is 13. The van der Waals surface area contributed by atoms with Gasteiger partial charge in [0.1, 0.15) is 24.2 Å². The summed E-state index contributed by atoms with van der Waals surface area (Å²) in [5, 5.41) is 26.6. The molecule has 4 saturated heterocycles. The summed E-state index contributed by atoms with van der Waals surface area (Å²) in [7, 11) is 4.25. The average Bonchev–Trinajstić information content (AvgIpc) is 0.846. The third kappa shape index (κ3) is 20.3. The monoisotopic (exact) mass is 1310 g/mol. The highest BCUT2D eigenvalue weighted by atomic mass is 35.5. The number of ether oxygens (including phenoxy) is 2. The zero-order chi connectivity index (χ0) is 67.2. The summed E-state index contributed by atoms with van der Waals surface area (Å²) in [6.07, 6.45) is 26.0. The molecule has 5 fully saturated rings. The van der Waals surface area contributed by atoms with Crippen LogP contribution in [0.15, 0.2) is 54.7 Å². The largest absolute Gasteiger partial charge is 0.508 e. The maximum Gasteiger partial charge on any atom is 0.318 e. The fraction of sp³-hybridized carbons (Fsp3) is 0.640. The van der Waals surface area contributed by atoms with E-state index in [0.29, 0.717) is 72.0 Å². The molecule has 6 heterocycles. The number of anilines is 2. The molecule has 0 bridgehead atoms. The van der Waals surface area contributed by atoms with Crippen LogP contribution in [-0.4, -0.2) is 111 Å². The third-order valence-corrected chi connectivity index (χ3v) is 20.6. The number of aryl methyl sites for hydroxylation is 1. The predicted molar refractivity (Wildman–Crippen MR) is 382 cm³/mol. The summed E-state index contributed by atoms with van der Waals surface area (Å²) in [5.74, 6) is 3.17. The van der Waals surface area contributed by atoms with Gasteiger partial charge in [-0.2, -0.15) is 9.97 Å². The molecule has 10 rings (SSSR count). The van der Waals surface area contributed by atoms with Gasteiger partial charge in [0.2, 0.25) is 17.7 Å². The zero-order valence-electron chi connectivity index (χ0n) is 58.2. The lowest BCUT2D eigenvalue weighted by Crippen LogP contribution is -2.54. The minimum absolute atomic E-state index is 0.0604. The van der Waals surface area contributed by atoms with Crippen molar-refractivity contribution in [2.24, 2.45) is 23.2 Å². The van der Waals surface area contributed by atoms with Crippen molar-refractivity contribution in [3.05, 3.63) is 70.9 Å². The molecule has 3 aromatic carbocycles. The summed E-state index contributed by atoms with van der Waals surface area (Å²) < 4.78 is 10.4. The van der Waals surface area contributed by atoms with Crippen molar-refractivity contribution in [1.29, 1.82) is 0 Å². The lowest BCUT2D eigenvalue weighted by molar-refractivity contribution is -0.142. The number of hydrogen-bond donors (Lipinski definition) is 3. The Kier molecular flexibility index (Phi) is 30.4. The summed E-state index contributed by atoms with van der Waals surface area (Å²) >= 11 is 6.53. The molecule has 5 aromatic rings. The standard InChI is InChI=1S/C26H40N2O3.C23H22ClN4O3P.C14H28.C10H17NO2.C2H6/c1-6-9-20(12-11-18(4)8-3)21-13-14-22(19(5)17-21)28(25(30)10-7-2)23-15-16-24(29)27-26(23)31;1-31-23-26-20-16(22(27-23)28-7-3-5-13(29)11-28)10-25-19(21(20)32)15-9-14(30)8-12-4-2-6-17(24)18(12)15;1-5-8-14(10-13(4)11-14)9-7-12(3)6-2;1-8(12)13-7-10-5-4-9-3-2-6-11(9)10;1-2/h13-14,17-18,20,23H,6-12,15-16H2,1-5H3,(H,27,29,31);2,4,6,8-10,13,29-30H,3,5,7,11,32H2,1H3;12-13H,5-11H2,1-4H3;9-10H,2-7H2,1H3;1-2H3. The first-order valence-electron chi connectivity index (χ1n) is 35.2. The Morgan fingerprint density at radius 1 is 0.880 bits per heavy atom. The van der Waals surface area contributed by atoms with Gasteiger partial charge in [0.15, 0.2) is 0 Å². The van der Waals surface area contributed by atoms with Crippen molar-refractivity contribution in [3.63, 3.8) is 0 Å². The number of nitrogens with zero attached hydrogens (tertiary/aromatic N) is 6. The molecule has 8 atom stereocenters. The second-order valence-corrected chi connectivity index (χ2v) is 27.9. The Morgan fingerprint density at radius 2 is 1.61 bits per heavy atom. The van der Waals surface area contributed by atoms with Crippen LogP contribution in [0.5, 0.6) is 11.8 Å². The van der Waals surface area contributed by atoms with Gasteiger partial charge >= 0.3 is 12.0 Å². The van der Waals surface area contributed by atoms with E-state index in [2.05, 4.69) is 90.0 Å². The number of methoxy groups -OCH3 is 1. The number of pyridine rings is 1. The molecule has 8 unspecified atom stereocenters. The minimum Gasteiger partial charge on any atom is -0.508 e. The average molecular weight is 1310 g/mol. The highest BCUT2D eigenvalue weighted by Crippen LogP contribution is 2.52. The van der Waals surface area contributed by atoms with Crippen LogP contribution in [0.2, 0.25) is 5.02 Å². The Bertz CT molecular complexity index is 3190. The van der Waals surface area contributed by atoms with E-state index in [1.165, 1.54) is 116 Å². The first-order chi connectivity index (χ1) is 44.2. The summed E-state index contributed by atoms with van der Waals surface area (Å²) in [5.41, 5.74) is 5.91. The number of halogens is 1. The van der Waals surface area contributed by atoms with E-state index < -0.39 is 12.1 Å². The number of carbonyl (C=O) groups is 4. The van der Waals surface area contributed by atoms with Crippen molar-refractivity contribution >= 4 is 83.0 Å². The minimum atomic E-state index is -0.627. The van der Waals surface area contributed by atoms with Gasteiger partial charge in [-0.1, -0.05) is 144 Å². The Morgan fingerprint density at radius 3 is 2.25 bits per heavy atom. The number of amides is 3. The van der Waals surface area contributed by atoms with Gasteiger partial charge in [0.25, 0.3) is 0 Å². The fourth-order valence-electron chi connectivity index (χ4n) is 14.6. The normalized spacial score (nSPS) is 21.9. The van der Waals surface area contributed by atoms with Crippen LogP contribution in [-0.2, 0) is 23.9 Å². The van der Waals surface area contributed by atoms with Crippen molar-refractivity contribution in [3.8, 4) is 23.0 Å². The van der Waals surface area contributed by atoms with Crippen LogP contribution in [0.4, 0.5) is 11.5 Å². The quantitative estimate of drug-likeness (QED) is 0.0338. The lowest BCUT2D eigenvalue weighted by Gasteiger charge is -2.47. The number of esters is 1. The number of piperidine rings is 2. The summed E-state index contributed by atoms with van der Waals surface area (Å²) in [4.78, 5) is 67.9. The molecule has 4 aliphatic heterocycles. The Balaban J connectivity index is 0.000000207. The molecule has 15 nitrogen and oxygen atoms in total. The van der Waals surface area contributed by atoms with Gasteiger partial charge < -0.3 is 24.6 Å². The highest BCUT2D eigenvalue weighted by molar-refractivity contribution is 7.28. The van der Waals surface area contributed by atoms with E-state index in [4.69, 9.17) is 26.1 Å². The molecule has 0 radical (unpaired) electrons. The number of aliphatic hydroxyl groups excluding tert-OH is 1. The fourth-order valence-corrected chi connectivity index (χ4v) is 15.3. The van der Waals surface area contributed by atoms with Gasteiger partial charge in [-0.05, 0) is 173 Å². The molecule has 3 amide bonds. The Labute approximate surface area is 558 Å². The summed E-state index contributed by atoms with van der Waals surface area (Å²) in [6.45, 7) is 28.8. The number of benzene rings is 3. The predicted octanol–water partition coefficient (Wildman–Crippen LogP) is 16.5. The number of phenols is 1. The molecule has 5 aliphatic rings. The van der Waals surface area contributed by atoms with Gasteiger partial charge in [0.05, 0.1) is 29.8 Å². The van der Waals surface area contributed by atoms with Crippen LogP contribution >= 0.6 is 20.8 Å². The molecule has 0 spiro atoms. The van der Waals surface area contributed by atoms with Crippen LogP contribution in [0.25, 0.3) is 32.9 Å². The second kappa shape index (κ2) is 37.0. The summed E-state index contributed by atoms with van der Waals surface area (Å²) in [6, 6.07) is 16.2. The van der Waals surface area contributed by atoms with E-state index in [1.54, 1.807) is 23.2 Å². The molecule has 1 saturated carbocycles. The molecular formula is C75H113ClN7O8P. The van der Waals surface area contributed by atoms with Crippen molar-refractivity contribution in [1.82, 2.24) is 25.2 Å². The van der Waals surface area contributed by atoms with E-state index in [0.717, 1.165) is 94.2 Å². The number of aromatic hydroxyl groups is 1. The van der Waals surface area contributed by atoms with E-state index >= 15 is 0 Å². The Hall–Kier alpha value is -5.47. The number of rotatable bonds is 22. The smallest absolute Gasteiger partial charge is 0.318 e. The van der Waals surface area contributed by atoms with Crippen molar-refractivity contribution < 1.29 is 38.9 Å². The molecule has 508 valence electrons. The van der Waals surface area contributed by atoms with Crippen LogP contribution in [0.1, 0.15) is 234 Å².